The lowest BCUT2D eigenvalue weighted by Crippen LogP contribution is -2.19. The van der Waals surface area contributed by atoms with Crippen molar-refractivity contribution in [2.45, 2.75) is 0 Å². The SMILES string of the molecule is C#Cc1nc(NC(N)=O)cs1. The van der Waals surface area contributed by atoms with Crippen LogP contribution >= 0.6 is 11.3 Å². The van der Waals surface area contributed by atoms with Gasteiger partial charge in [-0.3, -0.25) is 5.32 Å². The van der Waals surface area contributed by atoms with Crippen LogP contribution in [0.5, 0.6) is 0 Å². The molecule has 0 aromatic carbocycles. The summed E-state index contributed by atoms with van der Waals surface area (Å²) in [5.74, 6) is 2.73. The van der Waals surface area contributed by atoms with Gasteiger partial charge in [-0.2, -0.15) is 0 Å². The highest BCUT2D eigenvalue weighted by atomic mass is 32.1. The van der Waals surface area contributed by atoms with E-state index in [1.807, 2.05) is 0 Å². The molecule has 0 spiro atoms. The zero-order chi connectivity index (χ0) is 8.27. The molecule has 0 radical (unpaired) electrons. The molecule has 0 aliphatic rings. The average molecular weight is 167 g/mol. The molecule has 11 heavy (non-hydrogen) atoms. The minimum atomic E-state index is -0.640. The molecule has 0 aliphatic carbocycles. The van der Waals surface area contributed by atoms with Gasteiger partial charge >= 0.3 is 6.03 Å². The molecule has 1 heterocycles. The van der Waals surface area contributed by atoms with Gasteiger partial charge in [-0.05, 0) is 5.92 Å². The number of hydrogen-bond donors (Lipinski definition) is 2. The Morgan fingerprint density at radius 1 is 1.91 bits per heavy atom. The molecule has 3 N–H and O–H groups in total. The van der Waals surface area contributed by atoms with Crippen LogP contribution in [0.3, 0.4) is 0 Å². The first kappa shape index (κ1) is 7.57. The van der Waals surface area contributed by atoms with E-state index in [-0.39, 0.29) is 0 Å². The van der Waals surface area contributed by atoms with E-state index < -0.39 is 6.03 Å². The second-order valence-electron chi connectivity index (χ2n) is 1.67. The predicted molar refractivity (Wildman–Crippen MR) is 43.3 cm³/mol. The number of rotatable bonds is 1. The molecule has 1 aromatic heterocycles. The molecular weight excluding hydrogens is 162 g/mol. The first-order valence-electron chi connectivity index (χ1n) is 2.71. The minimum Gasteiger partial charge on any atom is -0.351 e. The molecule has 0 saturated heterocycles. The second-order valence-corrected chi connectivity index (χ2v) is 2.53. The molecule has 1 rings (SSSR count). The van der Waals surface area contributed by atoms with Crippen LogP contribution in [0, 0.1) is 12.3 Å². The normalized spacial score (nSPS) is 8.64. The summed E-state index contributed by atoms with van der Waals surface area (Å²) in [6.07, 6.45) is 5.05. The number of thiazole rings is 1. The third-order valence-corrected chi connectivity index (χ3v) is 1.65. The van der Waals surface area contributed by atoms with Crippen molar-refractivity contribution in [3.8, 4) is 12.3 Å². The number of hydrogen-bond acceptors (Lipinski definition) is 3. The van der Waals surface area contributed by atoms with Crippen molar-refractivity contribution in [2.75, 3.05) is 5.32 Å². The number of aromatic nitrogens is 1. The predicted octanol–water partition coefficient (Wildman–Crippen LogP) is 0.615. The number of carbonyl (C=O) groups excluding carboxylic acids is 1. The van der Waals surface area contributed by atoms with E-state index in [9.17, 15) is 4.79 Å². The molecule has 5 heteroatoms. The Morgan fingerprint density at radius 3 is 3.09 bits per heavy atom. The summed E-state index contributed by atoms with van der Waals surface area (Å²) in [6.45, 7) is 0. The van der Waals surface area contributed by atoms with Gasteiger partial charge in [0.25, 0.3) is 0 Å². The van der Waals surface area contributed by atoms with Crippen molar-refractivity contribution in [2.24, 2.45) is 5.73 Å². The lowest BCUT2D eigenvalue weighted by atomic mass is 10.7. The first-order chi connectivity index (χ1) is 5.22. The third-order valence-electron chi connectivity index (χ3n) is 0.879. The van der Waals surface area contributed by atoms with Crippen LogP contribution in [0.15, 0.2) is 5.38 Å². The Kier molecular flexibility index (Phi) is 2.09. The van der Waals surface area contributed by atoms with Crippen molar-refractivity contribution in [1.29, 1.82) is 0 Å². The molecule has 0 fully saturated rings. The Balaban J connectivity index is 2.75. The van der Waals surface area contributed by atoms with E-state index >= 15 is 0 Å². The minimum absolute atomic E-state index is 0.399. The lowest BCUT2D eigenvalue weighted by molar-refractivity contribution is 0.259. The van der Waals surface area contributed by atoms with Crippen LogP contribution in [0.25, 0.3) is 0 Å². The van der Waals surface area contributed by atoms with Crippen molar-refractivity contribution in [3.63, 3.8) is 0 Å². The number of nitrogens with two attached hydrogens (primary N) is 1. The van der Waals surface area contributed by atoms with Crippen LogP contribution in [0.4, 0.5) is 10.6 Å². The van der Waals surface area contributed by atoms with Crippen LogP contribution in [-0.4, -0.2) is 11.0 Å². The zero-order valence-electron chi connectivity index (χ0n) is 5.50. The van der Waals surface area contributed by atoms with E-state index in [1.165, 1.54) is 11.3 Å². The van der Waals surface area contributed by atoms with Gasteiger partial charge in [0, 0.05) is 5.38 Å². The Labute approximate surface area is 67.4 Å². The summed E-state index contributed by atoms with van der Waals surface area (Å²) in [5, 5.41) is 4.45. The van der Waals surface area contributed by atoms with Gasteiger partial charge in [0.1, 0.15) is 5.82 Å². The fourth-order valence-corrected chi connectivity index (χ4v) is 1.08. The number of terminal acetylenes is 1. The van der Waals surface area contributed by atoms with E-state index in [0.717, 1.165) is 0 Å². The number of urea groups is 1. The summed E-state index contributed by atoms with van der Waals surface area (Å²) < 4.78 is 0. The number of nitrogens with one attached hydrogen (secondary N) is 1. The molecule has 4 nitrogen and oxygen atoms in total. The van der Waals surface area contributed by atoms with E-state index in [2.05, 4.69) is 16.2 Å². The summed E-state index contributed by atoms with van der Waals surface area (Å²) in [6, 6.07) is -0.640. The van der Waals surface area contributed by atoms with Gasteiger partial charge in [0.2, 0.25) is 0 Å². The molecule has 1 aromatic rings. The highest BCUT2D eigenvalue weighted by molar-refractivity contribution is 7.10. The maximum atomic E-state index is 10.3. The third kappa shape index (κ3) is 1.95. The van der Waals surface area contributed by atoms with Crippen molar-refractivity contribution in [1.82, 2.24) is 4.98 Å². The fourth-order valence-electron chi connectivity index (χ4n) is 0.524. The molecule has 0 atom stereocenters. The van der Waals surface area contributed by atoms with Crippen molar-refractivity contribution in [3.05, 3.63) is 10.4 Å². The molecule has 0 aliphatic heterocycles. The smallest absolute Gasteiger partial charge is 0.317 e. The van der Waals surface area contributed by atoms with Gasteiger partial charge in [-0.15, -0.1) is 17.8 Å². The first-order valence-corrected chi connectivity index (χ1v) is 3.59. The number of primary amides is 1. The number of nitrogens with zero attached hydrogens (tertiary/aromatic N) is 1. The van der Waals surface area contributed by atoms with E-state index in [1.54, 1.807) is 5.38 Å². The number of anilines is 1. The lowest BCUT2D eigenvalue weighted by Gasteiger charge is -1.91. The maximum absolute atomic E-state index is 10.3. The highest BCUT2D eigenvalue weighted by Crippen LogP contribution is 2.11. The van der Waals surface area contributed by atoms with E-state index in [0.29, 0.717) is 10.8 Å². The summed E-state index contributed by atoms with van der Waals surface area (Å²) in [4.78, 5) is 14.1. The molecule has 56 valence electrons. The van der Waals surface area contributed by atoms with Crippen LogP contribution in [0.1, 0.15) is 5.01 Å². The maximum Gasteiger partial charge on any atom is 0.317 e. The second kappa shape index (κ2) is 3.03. The van der Waals surface area contributed by atoms with Gasteiger partial charge in [-0.25, -0.2) is 9.78 Å². The fraction of sp³-hybridized carbons (Fsp3) is 0. The van der Waals surface area contributed by atoms with Crippen molar-refractivity contribution < 1.29 is 4.79 Å². The van der Waals surface area contributed by atoms with Crippen LogP contribution < -0.4 is 11.1 Å². The molecule has 0 bridgehead atoms. The number of amides is 2. The van der Waals surface area contributed by atoms with Crippen LogP contribution in [0.2, 0.25) is 0 Å². The van der Waals surface area contributed by atoms with Gasteiger partial charge in [-0.1, -0.05) is 0 Å². The van der Waals surface area contributed by atoms with Crippen molar-refractivity contribution >= 4 is 23.2 Å². The molecular formula is C6H5N3OS. The quantitative estimate of drug-likeness (QED) is 0.602. The summed E-state index contributed by atoms with van der Waals surface area (Å²) >= 11 is 1.27. The average Bonchev–Trinajstić information content (AvgIpc) is 2.34. The largest absolute Gasteiger partial charge is 0.351 e. The summed E-state index contributed by atoms with van der Waals surface area (Å²) in [5.41, 5.74) is 4.84. The van der Waals surface area contributed by atoms with Gasteiger partial charge in [0.05, 0.1) is 0 Å². The summed E-state index contributed by atoms with van der Waals surface area (Å²) in [7, 11) is 0. The Bertz CT molecular complexity index is 312. The number of carbonyl (C=O) groups is 1. The molecule has 0 unspecified atom stereocenters. The van der Waals surface area contributed by atoms with Gasteiger partial charge in [0.15, 0.2) is 5.01 Å². The van der Waals surface area contributed by atoms with E-state index in [4.69, 9.17) is 12.2 Å². The Morgan fingerprint density at radius 2 is 2.64 bits per heavy atom. The molecule has 2 amide bonds. The van der Waals surface area contributed by atoms with Crippen LogP contribution in [-0.2, 0) is 0 Å². The Hall–Kier alpha value is -1.54. The monoisotopic (exact) mass is 167 g/mol. The van der Waals surface area contributed by atoms with Gasteiger partial charge < -0.3 is 5.73 Å². The molecule has 0 saturated carbocycles. The standard InChI is InChI=1S/C6H5N3OS/c1-2-5-8-4(3-11-5)9-6(7)10/h1,3H,(H3,7,9,10). The zero-order valence-corrected chi connectivity index (χ0v) is 6.31. The topological polar surface area (TPSA) is 68.0 Å². The highest BCUT2D eigenvalue weighted by Gasteiger charge is 1.99.